The molecule has 2 aromatic rings. The largest absolute Gasteiger partial charge is 0.490 e. The zero-order valence-electron chi connectivity index (χ0n) is 15.9. The number of rotatable bonds is 4. The maximum Gasteiger partial charge on any atom is 0.246 e. The van der Waals surface area contributed by atoms with Gasteiger partial charge in [-0.1, -0.05) is 0 Å². The van der Waals surface area contributed by atoms with Gasteiger partial charge in [0, 0.05) is 38.1 Å². The molecule has 1 amide bonds. The van der Waals surface area contributed by atoms with E-state index in [2.05, 4.69) is 15.6 Å². The lowest BCUT2D eigenvalue weighted by atomic mass is 9.89. The highest BCUT2D eigenvalue weighted by atomic mass is 19.2. The van der Waals surface area contributed by atoms with Crippen molar-refractivity contribution in [3.8, 4) is 5.75 Å². The average molecular weight is 388 g/mol. The summed E-state index contributed by atoms with van der Waals surface area (Å²) in [5.41, 5.74) is 2.42. The first-order valence-electron chi connectivity index (χ1n) is 9.25. The molecular formula is C20H22F2N4O2. The lowest BCUT2D eigenvalue weighted by molar-refractivity contribution is -0.117. The fourth-order valence-electron chi connectivity index (χ4n) is 3.51. The van der Waals surface area contributed by atoms with Crippen LogP contribution in [0.5, 0.6) is 5.75 Å². The fourth-order valence-corrected chi connectivity index (χ4v) is 3.51. The van der Waals surface area contributed by atoms with Gasteiger partial charge in [-0.3, -0.25) is 4.79 Å². The van der Waals surface area contributed by atoms with Gasteiger partial charge in [0.25, 0.3) is 0 Å². The zero-order chi connectivity index (χ0) is 20.0. The minimum atomic E-state index is -0.911. The lowest BCUT2D eigenvalue weighted by Gasteiger charge is -2.37. The Morgan fingerprint density at radius 2 is 2.00 bits per heavy atom. The van der Waals surface area contributed by atoms with Crippen LogP contribution < -0.4 is 20.3 Å². The van der Waals surface area contributed by atoms with E-state index in [4.69, 9.17) is 4.74 Å². The van der Waals surface area contributed by atoms with Crippen LogP contribution in [0.2, 0.25) is 0 Å². The molecule has 2 N–H and O–H groups in total. The lowest BCUT2D eigenvalue weighted by Crippen LogP contribution is -2.45. The first kappa shape index (κ1) is 18.5. The van der Waals surface area contributed by atoms with Gasteiger partial charge < -0.3 is 20.3 Å². The number of benzene rings is 1. The molecular weight excluding hydrogens is 366 g/mol. The third-order valence-corrected chi connectivity index (χ3v) is 5.41. The van der Waals surface area contributed by atoms with Crippen molar-refractivity contribution in [2.75, 3.05) is 22.6 Å². The number of fused-ring (bicyclic) bond motifs is 1. The number of ether oxygens (including phenoxy) is 1. The van der Waals surface area contributed by atoms with E-state index in [0.29, 0.717) is 5.75 Å². The first-order valence-corrected chi connectivity index (χ1v) is 9.25. The number of likely N-dealkylation sites (N-methyl/N-ethyl adjacent to an activating group) is 1. The summed E-state index contributed by atoms with van der Waals surface area (Å²) in [6.45, 7) is 3.72. The van der Waals surface area contributed by atoms with E-state index in [0.717, 1.165) is 47.9 Å². The summed E-state index contributed by atoms with van der Waals surface area (Å²) in [6.07, 6.45) is 1.42. The minimum Gasteiger partial charge on any atom is -0.490 e. The number of anilines is 3. The molecule has 1 aliphatic heterocycles. The maximum absolute atomic E-state index is 13.3. The third kappa shape index (κ3) is 3.34. The van der Waals surface area contributed by atoms with Gasteiger partial charge >= 0.3 is 0 Å². The van der Waals surface area contributed by atoms with Crippen molar-refractivity contribution in [2.45, 2.75) is 44.9 Å². The second-order valence-corrected chi connectivity index (χ2v) is 7.39. The smallest absolute Gasteiger partial charge is 0.246 e. The fraction of sp³-hybridized carbons (Fsp3) is 0.400. The number of nitrogens with one attached hydrogen (secondary N) is 2. The third-order valence-electron chi connectivity index (χ3n) is 5.41. The highest BCUT2D eigenvalue weighted by molar-refractivity contribution is 6.04. The molecule has 0 bridgehead atoms. The summed E-state index contributed by atoms with van der Waals surface area (Å²) in [4.78, 5) is 18.5. The monoisotopic (exact) mass is 388 g/mol. The van der Waals surface area contributed by atoms with E-state index in [1.54, 1.807) is 0 Å². The Bertz CT molecular complexity index is 931. The van der Waals surface area contributed by atoms with E-state index in [1.165, 1.54) is 6.07 Å². The number of amides is 1. The van der Waals surface area contributed by atoms with Gasteiger partial charge in [-0.2, -0.15) is 0 Å². The van der Waals surface area contributed by atoms with E-state index in [-0.39, 0.29) is 24.1 Å². The summed E-state index contributed by atoms with van der Waals surface area (Å²) in [5.74, 6) is -0.772. The van der Waals surface area contributed by atoms with E-state index in [1.807, 2.05) is 31.9 Å². The number of carbonyl (C=O) groups is 1. The summed E-state index contributed by atoms with van der Waals surface area (Å²) < 4.78 is 31.9. The predicted octanol–water partition coefficient (Wildman–Crippen LogP) is 3.47. The molecule has 2 heterocycles. The molecule has 4 rings (SSSR count). The van der Waals surface area contributed by atoms with Crippen LogP contribution in [0.15, 0.2) is 24.3 Å². The molecule has 0 spiro atoms. The number of halogens is 2. The van der Waals surface area contributed by atoms with Crippen molar-refractivity contribution in [2.24, 2.45) is 0 Å². The van der Waals surface area contributed by atoms with E-state index in [9.17, 15) is 13.6 Å². The SMILES string of the molecule is Cc1nc(NC2CC(Oc3ccc(F)c(F)c3)C2)cc2c1NC(=O)[C@H](C)N2C. The van der Waals surface area contributed by atoms with Crippen LogP contribution in [-0.2, 0) is 4.79 Å². The average Bonchev–Trinajstić information content (AvgIpc) is 2.62. The van der Waals surface area contributed by atoms with Crippen LogP contribution in [0.25, 0.3) is 0 Å². The molecule has 0 saturated heterocycles. The predicted molar refractivity (Wildman–Crippen MR) is 103 cm³/mol. The second-order valence-electron chi connectivity index (χ2n) is 7.39. The molecule has 148 valence electrons. The minimum absolute atomic E-state index is 0.0446. The van der Waals surface area contributed by atoms with E-state index >= 15 is 0 Å². The quantitative estimate of drug-likeness (QED) is 0.840. The summed E-state index contributed by atoms with van der Waals surface area (Å²) >= 11 is 0. The summed E-state index contributed by atoms with van der Waals surface area (Å²) in [7, 11) is 1.89. The normalized spacial score (nSPS) is 23.5. The van der Waals surface area contributed by atoms with Crippen LogP contribution in [0.3, 0.4) is 0 Å². The standard InChI is InChI=1S/C20H22F2N4O2/c1-10-19-17(26(3)11(2)20(27)25-19)9-18(23-10)24-12-6-14(7-12)28-13-4-5-15(21)16(22)8-13/h4-5,8-9,11-12,14H,6-7H2,1-3H3,(H,23,24)(H,25,27)/t11-,12?,14?/m0/s1. The highest BCUT2D eigenvalue weighted by Crippen LogP contribution is 2.36. The van der Waals surface area contributed by atoms with Crippen molar-refractivity contribution in [3.05, 3.63) is 41.6 Å². The molecule has 6 nitrogen and oxygen atoms in total. The number of hydrogen-bond acceptors (Lipinski definition) is 5. The molecule has 1 aromatic heterocycles. The maximum atomic E-state index is 13.3. The molecule has 1 saturated carbocycles. The second kappa shape index (κ2) is 6.92. The molecule has 1 aromatic carbocycles. The van der Waals surface area contributed by atoms with Gasteiger partial charge in [0.1, 0.15) is 23.7 Å². The van der Waals surface area contributed by atoms with Crippen molar-refractivity contribution in [3.63, 3.8) is 0 Å². The van der Waals surface area contributed by atoms with Crippen LogP contribution in [0.1, 0.15) is 25.5 Å². The summed E-state index contributed by atoms with van der Waals surface area (Å²) in [5, 5.41) is 6.30. The topological polar surface area (TPSA) is 66.5 Å². The van der Waals surface area contributed by atoms with Crippen molar-refractivity contribution >= 4 is 23.1 Å². The Labute approximate surface area is 161 Å². The van der Waals surface area contributed by atoms with Crippen molar-refractivity contribution in [1.82, 2.24) is 4.98 Å². The Balaban J connectivity index is 1.39. The van der Waals surface area contributed by atoms with Crippen LogP contribution >= 0.6 is 0 Å². The number of nitrogens with zero attached hydrogens (tertiary/aromatic N) is 2. The van der Waals surface area contributed by atoms with Crippen molar-refractivity contribution in [1.29, 1.82) is 0 Å². The van der Waals surface area contributed by atoms with Gasteiger partial charge in [-0.15, -0.1) is 0 Å². The van der Waals surface area contributed by atoms with Crippen LogP contribution in [0.4, 0.5) is 26.0 Å². The molecule has 0 radical (unpaired) electrons. The molecule has 1 atom stereocenters. The first-order chi connectivity index (χ1) is 13.3. The number of pyridine rings is 1. The number of aromatic nitrogens is 1. The zero-order valence-corrected chi connectivity index (χ0v) is 15.9. The Morgan fingerprint density at radius 3 is 2.71 bits per heavy atom. The highest BCUT2D eigenvalue weighted by Gasteiger charge is 2.33. The van der Waals surface area contributed by atoms with Gasteiger partial charge in [0.05, 0.1) is 17.1 Å². The molecule has 1 fully saturated rings. The molecule has 0 unspecified atom stereocenters. The number of aryl methyl sites for hydroxylation is 1. The van der Waals surface area contributed by atoms with Gasteiger partial charge in [-0.25, -0.2) is 13.8 Å². The number of carbonyl (C=O) groups excluding carboxylic acids is 1. The molecule has 28 heavy (non-hydrogen) atoms. The molecule has 1 aliphatic carbocycles. The van der Waals surface area contributed by atoms with Gasteiger partial charge in [-0.05, 0) is 26.0 Å². The van der Waals surface area contributed by atoms with E-state index < -0.39 is 11.6 Å². The number of hydrogen-bond donors (Lipinski definition) is 2. The van der Waals surface area contributed by atoms with Crippen LogP contribution in [0, 0.1) is 18.6 Å². The molecule has 8 heteroatoms. The Kier molecular flexibility index (Phi) is 4.56. The van der Waals surface area contributed by atoms with Crippen LogP contribution in [-0.4, -0.2) is 36.1 Å². The molecule has 2 aliphatic rings. The van der Waals surface area contributed by atoms with Gasteiger partial charge in [0.15, 0.2) is 11.6 Å². The van der Waals surface area contributed by atoms with Gasteiger partial charge in [0.2, 0.25) is 5.91 Å². The Hall–Kier alpha value is -2.90. The summed E-state index contributed by atoms with van der Waals surface area (Å²) in [6, 6.07) is 5.42. The van der Waals surface area contributed by atoms with Crippen molar-refractivity contribution < 1.29 is 18.3 Å². The Morgan fingerprint density at radius 1 is 1.25 bits per heavy atom.